The first kappa shape index (κ1) is 17.4. The molecule has 24 heavy (non-hydrogen) atoms. The number of amides is 1. The number of hydrogen-bond acceptors (Lipinski definition) is 7. The molecule has 0 saturated carbocycles. The first-order valence-electron chi connectivity index (χ1n) is 6.60. The van der Waals surface area contributed by atoms with Crippen LogP contribution in [0, 0.1) is 5.82 Å². The van der Waals surface area contributed by atoms with Gasteiger partial charge in [-0.15, -0.1) is 11.3 Å². The molecule has 2 rings (SSSR count). The van der Waals surface area contributed by atoms with E-state index in [4.69, 9.17) is 10.5 Å². The molecular formula is C15H13FN2O5S. The maximum atomic E-state index is 12.9. The number of ether oxygens (including phenoxy) is 2. The summed E-state index contributed by atoms with van der Waals surface area (Å²) in [5, 5.41) is 4.04. The summed E-state index contributed by atoms with van der Waals surface area (Å²) < 4.78 is 22.3. The van der Waals surface area contributed by atoms with Crippen molar-refractivity contribution < 1.29 is 28.2 Å². The number of rotatable bonds is 5. The number of carbonyl (C=O) groups is 3. The van der Waals surface area contributed by atoms with Crippen molar-refractivity contribution in [2.45, 2.75) is 0 Å². The Hall–Kier alpha value is -2.94. The van der Waals surface area contributed by atoms with E-state index in [2.05, 4.69) is 10.1 Å². The first-order chi connectivity index (χ1) is 11.4. The molecule has 2 aromatic rings. The minimum absolute atomic E-state index is 0.0463. The maximum absolute atomic E-state index is 12.9. The molecule has 0 aliphatic carbocycles. The predicted molar refractivity (Wildman–Crippen MR) is 85.4 cm³/mol. The molecule has 126 valence electrons. The Kier molecular flexibility index (Phi) is 5.48. The third-order valence-corrected chi connectivity index (χ3v) is 3.77. The molecule has 0 atom stereocenters. The van der Waals surface area contributed by atoms with Gasteiger partial charge in [-0.1, -0.05) is 0 Å². The number of anilines is 2. The predicted octanol–water partition coefficient (Wildman–Crippen LogP) is 2.05. The lowest BCUT2D eigenvalue weighted by atomic mass is 10.2. The average Bonchev–Trinajstić information content (AvgIpc) is 3.00. The average molecular weight is 352 g/mol. The van der Waals surface area contributed by atoms with E-state index in [-0.39, 0.29) is 21.8 Å². The molecule has 0 aliphatic heterocycles. The van der Waals surface area contributed by atoms with E-state index in [1.54, 1.807) is 5.38 Å². The number of halogens is 1. The van der Waals surface area contributed by atoms with Crippen molar-refractivity contribution in [3.05, 3.63) is 45.9 Å². The van der Waals surface area contributed by atoms with Crippen LogP contribution in [0.2, 0.25) is 0 Å². The van der Waals surface area contributed by atoms with Gasteiger partial charge in [0.1, 0.15) is 10.7 Å². The third kappa shape index (κ3) is 4.07. The Labute approximate surface area is 140 Å². The van der Waals surface area contributed by atoms with Gasteiger partial charge < -0.3 is 20.5 Å². The molecule has 0 spiro atoms. The highest BCUT2D eigenvalue weighted by Crippen LogP contribution is 2.23. The first-order valence-corrected chi connectivity index (χ1v) is 7.48. The zero-order valence-corrected chi connectivity index (χ0v) is 13.3. The van der Waals surface area contributed by atoms with Gasteiger partial charge in [-0.3, -0.25) is 4.79 Å². The number of nitrogen functional groups attached to an aromatic ring is 1. The number of benzene rings is 1. The Morgan fingerprint density at radius 1 is 1.25 bits per heavy atom. The van der Waals surface area contributed by atoms with Crippen molar-refractivity contribution in [1.29, 1.82) is 0 Å². The van der Waals surface area contributed by atoms with Gasteiger partial charge in [0.2, 0.25) is 0 Å². The Morgan fingerprint density at radius 3 is 2.67 bits per heavy atom. The van der Waals surface area contributed by atoms with E-state index >= 15 is 0 Å². The van der Waals surface area contributed by atoms with Gasteiger partial charge in [0.05, 0.1) is 18.4 Å². The number of esters is 2. The minimum atomic E-state index is -0.860. The van der Waals surface area contributed by atoms with Gasteiger partial charge in [0.25, 0.3) is 5.91 Å². The second-order valence-corrected chi connectivity index (χ2v) is 5.43. The fourth-order valence-electron chi connectivity index (χ4n) is 1.77. The normalized spacial score (nSPS) is 10.1. The second kappa shape index (κ2) is 7.55. The van der Waals surface area contributed by atoms with Crippen molar-refractivity contribution >= 4 is 40.6 Å². The molecule has 0 fully saturated rings. The summed E-state index contributed by atoms with van der Waals surface area (Å²) in [6.45, 7) is -0.591. The molecule has 9 heteroatoms. The highest BCUT2D eigenvalue weighted by Gasteiger charge is 2.17. The lowest BCUT2D eigenvalue weighted by Gasteiger charge is -2.08. The minimum Gasteiger partial charge on any atom is -0.465 e. The van der Waals surface area contributed by atoms with Crippen molar-refractivity contribution in [2.24, 2.45) is 0 Å². The summed E-state index contributed by atoms with van der Waals surface area (Å²) in [7, 11) is 1.22. The molecule has 1 amide bonds. The number of hydrogen-bond donors (Lipinski definition) is 2. The molecule has 1 aromatic carbocycles. The SMILES string of the molecule is COC(=O)c1sccc1NC(=O)COC(=O)c1ccc(F)cc1N. The number of carbonyl (C=O) groups excluding carboxylic acids is 3. The van der Waals surface area contributed by atoms with E-state index in [9.17, 15) is 18.8 Å². The quantitative estimate of drug-likeness (QED) is 0.630. The van der Waals surface area contributed by atoms with Gasteiger partial charge in [-0.05, 0) is 29.6 Å². The number of thiophene rings is 1. The van der Waals surface area contributed by atoms with Gasteiger partial charge in [-0.25, -0.2) is 14.0 Å². The number of methoxy groups -OCH3 is 1. The van der Waals surface area contributed by atoms with Crippen molar-refractivity contribution in [3.63, 3.8) is 0 Å². The Balaban J connectivity index is 1.95. The van der Waals surface area contributed by atoms with Crippen LogP contribution in [-0.2, 0) is 14.3 Å². The topological polar surface area (TPSA) is 108 Å². The Morgan fingerprint density at radius 2 is 2.00 bits per heavy atom. The van der Waals surface area contributed by atoms with E-state index in [0.717, 1.165) is 23.5 Å². The highest BCUT2D eigenvalue weighted by atomic mass is 32.1. The lowest BCUT2D eigenvalue weighted by molar-refractivity contribution is -0.119. The van der Waals surface area contributed by atoms with Gasteiger partial charge in [0, 0.05) is 5.69 Å². The van der Waals surface area contributed by atoms with Crippen molar-refractivity contribution in [3.8, 4) is 0 Å². The summed E-state index contributed by atoms with van der Waals surface area (Å²) in [6, 6.07) is 4.72. The van der Waals surface area contributed by atoms with Crippen LogP contribution in [0.5, 0.6) is 0 Å². The summed E-state index contributed by atoms with van der Waals surface area (Å²) in [4.78, 5) is 35.4. The largest absolute Gasteiger partial charge is 0.465 e. The molecule has 0 unspecified atom stereocenters. The summed E-state index contributed by atoms with van der Waals surface area (Å²) in [6.07, 6.45) is 0. The van der Waals surface area contributed by atoms with Crippen LogP contribution < -0.4 is 11.1 Å². The third-order valence-electron chi connectivity index (χ3n) is 2.88. The molecule has 3 N–H and O–H groups in total. The molecule has 1 aromatic heterocycles. The zero-order chi connectivity index (χ0) is 17.7. The fraction of sp³-hybridized carbons (Fsp3) is 0.133. The van der Waals surface area contributed by atoms with Crippen molar-refractivity contribution in [1.82, 2.24) is 0 Å². The maximum Gasteiger partial charge on any atom is 0.350 e. The molecule has 0 bridgehead atoms. The van der Waals surface area contributed by atoms with Gasteiger partial charge >= 0.3 is 11.9 Å². The molecule has 0 saturated heterocycles. The van der Waals surface area contributed by atoms with Crippen LogP contribution in [0.3, 0.4) is 0 Å². The summed E-state index contributed by atoms with van der Waals surface area (Å²) in [5.41, 5.74) is 5.64. The summed E-state index contributed by atoms with van der Waals surface area (Å²) in [5.74, 6) is -2.68. The van der Waals surface area contributed by atoms with E-state index in [1.807, 2.05) is 0 Å². The number of nitrogens with two attached hydrogens (primary N) is 1. The molecule has 1 heterocycles. The Bertz CT molecular complexity index is 790. The standard InChI is InChI=1S/C15H13FN2O5S/c1-22-15(21)13-11(4-5-24-13)18-12(19)7-23-14(20)9-3-2-8(16)6-10(9)17/h2-6H,7,17H2,1H3,(H,18,19). The van der Waals surface area contributed by atoms with E-state index in [0.29, 0.717) is 0 Å². The van der Waals surface area contributed by atoms with E-state index in [1.165, 1.54) is 19.2 Å². The number of nitrogens with one attached hydrogen (secondary N) is 1. The second-order valence-electron chi connectivity index (χ2n) is 4.51. The van der Waals surface area contributed by atoms with Gasteiger partial charge in [0.15, 0.2) is 6.61 Å². The smallest absolute Gasteiger partial charge is 0.350 e. The van der Waals surface area contributed by atoms with E-state index < -0.39 is 30.3 Å². The molecule has 0 radical (unpaired) electrons. The van der Waals surface area contributed by atoms with Gasteiger partial charge in [-0.2, -0.15) is 0 Å². The monoisotopic (exact) mass is 352 g/mol. The highest BCUT2D eigenvalue weighted by molar-refractivity contribution is 7.12. The fourth-order valence-corrected chi connectivity index (χ4v) is 2.54. The molecule has 7 nitrogen and oxygen atoms in total. The van der Waals surface area contributed by atoms with Crippen LogP contribution in [0.4, 0.5) is 15.8 Å². The van der Waals surface area contributed by atoms with Crippen LogP contribution >= 0.6 is 11.3 Å². The van der Waals surface area contributed by atoms with Crippen LogP contribution in [0.25, 0.3) is 0 Å². The molecular weight excluding hydrogens is 339 g/mol. The lowest BCUT2D eigenvalue weighted by Crippen LogP contribution is -2.22. The summed E-state index contributed by atoms with van der Waals surface area (Å²) >= 11 is 1.10. The van der Waals surface area contributed by atoms with Crippen LogP contribution in [-0.4, -0.2) is 31.6 Å². The molecule has 0 aliphatic rings. The zero-order valence-electron chi connectivity index (χ0n) is 12.5. The van der Waals surface area contributed by atoms with Crippen LogP contribution in [0.15, 0.2) is 29.6 Å². The van der Waals surface area contributed by atoms with Crippen LogP contribution in [0.1, 0.15) is 20.0 Å². The van der Waals surface area contributed by atoms with Crippen molar-refractivity contribution in [2.75, 3.05) is 24.8 Å².